The first-order valence-electron chi connectivity index (χ1n) is 8.90. The summed E-state index contributed by atoms with van der Waals surface area (Å²) in [6.45, 7) is 3.96. The molecule has 1 atom stereocenters. The third-order valence-corrected chi connectivity index (χ3v) is 5.63. The number of nitrogens with one attached hydrogen (secondary N) is 2. The molecule has 2 aromatic carbocycles. The van der Waals surface area contributed by atoms with Crippen LogP contribution in [0.25, 0.3) is 0 Å². The van der Waals surface area contributed by atoms with E-state index in [1.54, 1.807) is 37.8 Å². The lowest BCUT2D eigenvalue weighted by Gasteiger charge is -2.15. The van der Waals surface area contributed by atoms with Gasteiger partial charge in [0.1, 0.15) is 5.82 Å². The van der Waals surface area contributed by atoms with Gasteiger partial charge in [-0.05, 0) is 49.7 Å². The summed E-state index contributed by atoms with van der Waals surface area (Å²) in [6, 6.07) is 9.64. The number of hydrogen-bond acceptors (Lipinski definition) is 4. The number of carbonyl (C=O) groups excluding carboxylic acids is 1. The van der Waals surface area contributed by atoms with Gasteiger partial charge in [0.25, 0.3) is 15.9 Å². The number of aromatic nitrogens is 2. The molecule has 0 saturated heterocycles. The second-order valence-electron chi connectivity index (χ2n) is 6.73. The van der Waals surface area contributed by atoms with Gasteiger partial charge in [-0.15, -0.1) is 0 Å². The minimum atomic E-state index is -3.98. The topological polar surface area (TPSA) is 93.1 Å². The highest BCUT2D eigenvalue weighted by molar-refractivity contribution is 7.92. The largest absolute Gasteiger partial charge is 0.348 e. The van der Waals surface area contributed by atoms with Crippen molar-refractivity contribution in [1.82, 2.24) is 14.9 Å². The number of imidazole rings is 1. The summed E-state index contributed by atoms with van der Waals surface area (Å²) in [5.74, 6) is -0.937. The van der Waals surface area contributed by atoms with Gasteiger partial charge in [0.2, 0.25) is 0 Å². The van der Waals surface area contributed by atoms with Crippen LogP contribution in [-0.4, -0.2) is 29.9 Å². The molecule has 0 fully saturated rings. The minimum absolute atomic E-state index is 0.160. The number of sulfonamides is 1. The maximum absolute atomic E-state index is 13.7. The highest BCUT2D eigenvalue weighted by Gasteiger charge is 2.17. The van der Waals surface area contributed by atoms with Crippen LogP contribution in [0.3, 0.4) is 0 Å². The molecule has 1 aromatic heterocycles. The van der Waals surface area contributed by atoms with Crippen LogP contribution in [-0.2, 0) is 16.6 Å². The minimum Gasteiger partial charge on any atom is -0.348 e. The van der Waals surface area contributed by atoms with Crippen molar-refractivity contribution in [3.05, 3.63) is 78.1 Å². The molecule has 0 aliphatic carbocycles. The molecule has 0 bridgehead atoms. The first-order valence-corrected chi connectivity index (χ1v) is 10.4. The molecule has 152 valence electrons. The molecule has 1 unspecified atom stereocenters. The first-order chi connectivity index (χ1) is 13.7. The van der Waals surface area contributed by atoms with Gasteiger partial charge < -0.3 is 9.88 Å². The third kappa shape index (κ3) is 5.20. The summed E-state index contributed by atoms with van der Waals surface area (Å²) in [7, 11) is -3.98. The fourth-order valence-electron chi connectivity index (χ4n) is 2.74. The highest BCUT2D eigenvalue weighted by Crippen LogP contribution is 2.19. The fourth-order valence-corrected chi connectivity index (χ4v) is 3.80. The average molecular weight is 416 g/mol. The monoisotopic (exact) mass is 416 g/mol. The van der Waals surface area contributed by atoms with Crippen molar-refractivity contribution < 1.29 is 17.6 Å². The van der Waals surface area contributed by atoms with Crippen molar-refractivity contribution in [2.45, 2.75) is 31.3 Å². The number of aryl methyl sites for hydroxylation is 1. The Kier molecular flexibility index (Phi) is 5.97. The summed E-state index contributed by atoms with van der Waals surface area (Å²) >= 11 is 0. The van der Waals surface area contributed by atoms with Crippen molar-refractivity contribution >= 4 is 21.6 Å². The van der Waals surface area contributed by atoms with Crippen LogP contribution in [0.15, 0.2) is 66.1 Å². The number of benzene rings is 2. The van der Waals surface area contributed by atoms with Gasteiger partial charge in [-0.1, -0.05) is 12.1 Å². The zero-order valence-electron chi connectivity index (χ0n) is 16.0. The molecular formula is C20H21FN4O3S. The molecular weight excluding hydrogens is 395 g/mol. The Bertz CT molecular complexity index is 1110. The number of anilines is 1. The van der Waals surface area contributed by atoms with Crippen LogP contribution in [0.1, 0.15) is 22.8 Å². The summed E-state index contributed by atoms with van der Waals surface area (Å²) < 4.78 is 43.0. The lowest BCUT2D eigenvalue weighted by atomic mass is 10.2. The zero-order chi connectivity index (χ0) is 21.0. The highest BCUT2D eigenvalue weighted by atomic mass is 32.2. The second kappa shape index (κ2) is 8.44. The molecule has 0 aliphatic heterocycles. The molecule has 2 N–H and O–H groups in total. The second-order valence-corrected chi connectivity index (χ2v) is 8.41. The molecule has 9 heteroatoms. The van der Waals surface area contributed by atoms with Crippen LogP contribution in [0.2, 0.25) is 0 Å². The van der Waals surface area contributed by atoms with E-state index < -0.39 is 15.8 Å². The molecule has 0 radical (unpaired) electrons. The number of amides is 1. The molecule has 1 amide bonds. The Morgan fingerprint density at radius 2 is 2.03 bits per heavy atom. The number of hydrogen-bond donors (Lipinski definition) is 2. The van der Waals surface area contributed by atoms with Gasteiger partial charge in [0.05, 0.1) is 11.2 Å². The van der Waals surface area contributed by atoms with Gasteiger partial charge >= 0.3 is 0 Å². The fraction of sp³-hybridized carbons (Fsp3) is 0.200. The van der Waals surface area contributed by atoms with Crippen LogP contribution in [0, 0.1) is 12.7 Å². The SMILES string of the molecule is Cc1ccc(S(=O)(=O)Nc2cccc(C(=O)NC(C)Cn3ccnc3)c2)cc1F. The summed E-state index contributed by atoms with van der Waals surface area (Å²) in [6.07, 6.45) is 5.11. The number of rotatable bonds is 7. The molecule has 0 aliphatic rings. The van der Waals surface area contributed by atoms with Gasteiger partial charge in [-0.3, -0.25) is 9.52 Å². The van der Waals surface area contributed by atoms with E-state index in [0.29, 0.717) is 17.7 Å². The van der Waals surface area contributed by atoms with Gasteiger partial charge in [-0.25, -0.2) is 17.8 Å². The Morgan fingerprint density at radius 1 is 1.24 bits per heavy atom. The molecule has 0 spiro atoms. The molecule has 29 heavy (non-hydrogen) atoms. The van der Waals surface area contributed by atoms with Crippen LogP contribution < -0.4 is 10.0 Å². The predicted molar refractivity (Wildman–Crippen MR) is 108 cm³/mol. The summed E-state index contributed by atoms with van der Waals surface area (Å²) in [5.41, 5.74) is 0.867. The van der Waals surface area contributed by atoms with E-state index in [1.807, 2.05) is 11.5 Å². The molecule has 1 heterocycles. The van der Waals surface area contributed by atoms with E-state index in [4.69, 9.17) is 0 Å². The van der Waals surface area contributed by atoms with E-state index >= 15 is 0 Å². The number of nitrogens with zero attached hydrogens (tertiary/aromatic N) is 2. The van der Waals surface area contributed by atoms with Crippen LogP contribution in [0.5, 0.6) is 0 Å². The average Bonchev–Trinajstić information content (AvgIpc) is 3.16. The Morgan fingerprint density at radius 3 is 2.72 bits per heavy atom. The van der Waals surface area contributed by atoms with Gasteiger partial charge in [0, 0.05) is 36.2 Å². The van der Waals surface area contributed by atoms with E-state index in [0.717, 1.165) is 6.07 Å². The van der Waals surface area contributed by atoms with Gasteiger partial charge in [0.15, 0.2) is 0 Å². The Balaban J connectivity index is 1.71. The van der Waals surface area contributed by atoms with Crippen molar-refractivity contribution in [2.75, 3.05) is 4.72 Å². The van der Waals surface area contributed by atoms with Crippen molar-refractivity contribution in [1.29, 1.82) is 0 Å². The van der Waals surface area contributed by atoms with Crippen molar-refractivity contribution in [3.8, 4) is 0 Å². The third-order valence-electron chi connectivity index (χ3n) is 4.25. The van der Waals surface area contributed by atoms with Crippen molar-refractivity contribution in [3.63, 3.8) is 0 Å². The van der Waals surface area contributed by atoms with Crippen molar-refractivity contribution in [2.24, 2.45) is 0 Å². The zero-order valence-corrected chi connectivity index (χ0v) is 16.8. The Hall–Kier alpha value is -3.20. The quantitative estimate of drug-likeness (QED) is 0.619. The normalized spacial score (nSPS) is 12.4. The van der Waals surface area contributed by atoms with E-state index in [-0.39, 0.29) is 22.5 Å². The first kappa shape index (κ1) is 20.5. The summed E-state index contributed by atoms with van der Waals surface area (Å²) in [5, 5.41) is 2.86. The standard InChI is InChI=1S/C20H21FN4O3S/c1-14-6-7-18(11-19(14)21)29(27,28)24-17-5-3-4-16(10-17)20(26)23-15(2)12-25-9-8-22-13-25/h3-11,13,15,24H,12H2,1-2H3,(H,23,26). The smallest absolute Gasteiger partial charge is 0.261 e. The Labute approximate surface area is 168 Å². The lowest BCUT2D eigenvalue weighted by Crippen LogP contribution is -2.35. The van der Waals surface area contributed by atoms with Gasteiger partial charge in [-0.2, -0.15) is 0 Å². The number of carbonyl (C=O) groups is 1. The molecule has 7 nitrogen and oxygen atoms in total. The lowest BCUT2D eigenvalue weighted by molar-refractivity contribution is 0.0936. The molecule has 0 saturated carbocycles. The predicted octanol–water partition coefficient (Wildman–Crippen LogP) is 2.95. The number of halogens is 1. The van der Waals surface area contributed by atoms with Crippen LogP contribution >= 0.6 is 0 Å². The molecule has 3 rings (SSSR count). The maximum Gasteiger partial charge on any atom is 0.261 e. The molecule has 3 aromatic rings. The summed E-state index contributed by atoms with van der Waals surface area (Å²) in [4.78, 5) is 16.3. The van der Waals surface area contributed by atoms with E-state index in [1.165, 1.54) is 24.3 Å². The van der Waals surface area contributed by atoms with E-state index in [2.05, 4.69) is 15.0 Å². The van der Waals surface area contributed by atoms with Crippen LogP contribution in [0.4, 0.5) is 10.1 Å². The van der Waals surface area contributed by atoms with E-state index in [9.17, 15) is 17.6 Å². The maximum atomic E-state index is 13.7.